The first-order valence-corrected chi connectivity index (χ1v) is 5.12. The SMILES string of the molecule is Cc1ccc([N+](=O)[O-])cc1NC(=O)c1cnc[nH]1. The number of hydrogen-bond donors (Lipinski definition) is 2. The Morgan fingerprint density at radius 1 is 1.50 bits per heavy atom. The molecule has 18 heavy (non-hydrogen) atoms. The van der Waals surface area contributed by atoms with Gasteiger partial charge in [-0.1, -0.05) is 6.07 Å². The molecule has 1 heterocycles. The first-order chi connectivity index (χ1) is 8.58. The molecule has 1 amide bonds. The van der Waals surface area contributed by atoms with Crippen LogP contribution in [0, 0.1) is 17.0 Å². The Labute approximate surface area is 102 Å². The van der Waals surface area contributed by atoms with Gasteiger partial charge in [-0.3, -0.25) is 14.9 Å². The number of nitrogens with zero attached hydrogens (tertiary/aromatic N) is 2. The number of nitro groups is 1. The largest absolute Gasteiger partial charge is 0.341 e. The highest BCUT2D eigenvalue weighted by Gasteiger charge is 2.12. The smallest absolute Gasteiger partial charge is 0.273 e. The number of carbonyl (C=O) groups is 1. The zero-order chi connectivity index (χ0) is 13.1. The summed E-state index contributed by atoms with van der Waals surface area (Å²) in [7, 11) is 0. The standard InChI is InChI=1S/C11H10N4O3/c1-7-2-3-8(15(17)18)4-9(7)14-11(16)10-5-12-6-13-10/h2-6H,1H3,(H,12,13)(H,14,16). The van der Waals surface area contributed by atoms with Crippen molar-refractivity contribution in [3.8, 4) is 0 Å². The molecule has 0 fully saturated rings. The van der Waals surface area contributed by atoms with E-state index in [-0.39, 0.29) is 5.69 Å². The van der Waals surface area contributed by atoms with Gasteiger partial charge >= 0.3 is 0 Å². The van der Waals surface area contributed by atoms with Crippen LogP contribution >= 0.6 is 0 Å². The molecule has 2 N–H and O–H groups in total. The van der Waals surface area contributed by atoms with Crippen molar-refractivity contribution in [2.24, 2.45) is 0 Å². The van der Waals surface area contributed by atoms with E-state index in [1.54, 1.807) is 13.0 Å². The molecule has 0 atom stereocenters. The van der Waals surface area contributed by atoms with Crippen LogP contribution in [-0.2, 0) is 0 Å². The number of nitro benzene ring substituents is 1. The van der Waals surface area contributed by atoms with Gasteiger partial charge in [0.25, 0.3) is 11.6 Å². The topological polar surface area (TPSA) is 101 Å². The number of H-pyrrole nitrogens is 1. The van der Waals surface area contributed by atoms with Gasteiger partial charge in [-0.15, -0.1) is 0 Å². The van der Waals surface area contributed by atoms with Crippen molar-refractivity contribution < 1.29 is 9.72 Å². The zero-order valence-electron chi connectivity index (χ0n) is 9.51. The summed E-state index contributed by atoms with van der Waals surface area (Å²) in [4.78, 5) is 28.3. The number of aryl methyl sites for hydroxylation is 1. The average molecular weight is 246 g/mol. The molecule has 0 bridgehead atoms. The molecular weight excluding hydrogens is 236 g/mol. The third-order valence-electron chi connectivity index (χ3n) is 2.42. The second-order valence-electron chi connectivity index (χ2n) is 3.68. The maximum atomic E-state index is 11.8. The highest BCUT2D eigenvalue weighted by molar-refractivity contribution is 6.03. The van der Waals surface area contributed by atoms with E-state index in [0.29, 0.717) is 11.4 Å². The van der Waals surface area contributed by atoms with E-state index in [4.69, 9.17) is 0 Å². The molecule has 0 radical (unpaired) electrons. The Balaban J connectivity index is 2.26. The van der Waals surface area contributed by atoms with Crippen LogP contribution in [0.1, 0.15) is 16.1 Å². The van der Waals surface area contributed by atoms with Crippen LogP contribution < -0.4 is 5.32 Å². The number of amides is 1. The van der Waals surface area contributed by atoms with Crippen molar-refractivity contribution >= 4 is 17.3 Å². The molecule has 0 aliphatic carbocycles. The molecule has 0 aliphatic heterocycles. The quantitative estimate of drug-likeness (QED) is 0.637. The van der Waals surface area contributed by atoms with Crippen LogP contribution in [0.15, 0.2) is 30.7 Å². The number of benzene rings is 1. The number of carbonyl (C=O) groups excluding carboxylic acids is 1. The van der Waals surface area contributed by atoms with Gasteiger partial charge < -0.3 is 10.3 Å². The lowest BCUT2D eigenvalue weighted by Gasteiger charge is -2.06. The Morgan fingerprint density at radius 3 is 2.89 bits per heavy atom. The number of imidazole rings is 1. The molecule has 2 aromatic rings. The second kappa shape index (κ2) is 4.66. The summed E-state index contributed by atoms with van der Waals surface area (Å²) in [5.41, 5.74) is 1.37. The molecular formula is C11H10N4O3. The number of non-ortho nitro benzene ring substituents is 1. The third kappa shape index (κ3) is 2.34. The van der Waals surface area contributed by atoms with Gasteiger partial charge in [0.2, 0.25) is 0 Å². The molecule has 0 saturated heterocycles. The minimum atomic E-state index is -0.509. The fourth-order valence-electron chi connectivity index (χ4n) is 1.43. The number of aromatic nitrogens is 2. The van der Waals surface area contributed by atoms with Crippen LogP contribution in [0.25, 0.3) is 0 Å². The highest BCUT2D eigenvalue weighted by atomic mass is 16.6. The zero-order valence-corrected chi connectivity index (χ0v) is 9.51. The molecule has 92 valence electrons. The van der Waals surface area contributed by atoms with Crippen molar-refractivity contribution in [2.45, 2.75) is 6.92 Å². The second-order valence-corrected chi connectivity index (χ2v) is 3.68. The van der Waals surface area contributed by atoms with E-state index in [1.807, 2.05) is 0 Å². The lowest BCUT2D eigenvalue weighted by molar-refractivity contribution is -0.384. The van der Waals surface area contributed by atoms with Gasteiger partial charge in [0.15, 0.2) is 0 Å². The lowest BCUT2D eigenvalue weighted by Crippen LogP contribution is -2.13. The maximum Gasteiger partial charge on any atom is 0.273 e. The number of anilines is 1. The van der Waals surface area contributed by atoms with Crippen LogP contribution in [0.4, 0.5) is 11.4 Å². The van der Waals surface area contributed by atoms with E-state index >= 15 is 0 Å². The van der Waals surface area contributed by atoms with Crippen molar-refractivity contribution in [1.29, 1.82) is 0 Å². The molecule has 7 heteroatoms. The summed E-state index contributed by atoms with van der Waals surface area (Å²) in [6.07, 6.45) is 2.76. The molecule has 0 spiro atoms. The summed E-state index contributed by atoms with van der Waals surface area (Å²) in [5.74, 6) is -0.393. The van der Waals surface area contributed by atoms with Gasteiger partial charge in [0, 0.05) is 12.1 Å². The molecule has 2 rings (SSSR count). The first-order valence-electron chi connectivity index (χ1n) is 5.12. The third-order valence-corrected chi connectivity index (χ3v) is 2.42. The van der Waals surface area contributed by atoms with Crippen LogP contribution in [0.5, 0.6) is 0 Å². The fraction of sp³-hybridized carbons (Fsp3) is 0.0909. The molecule has 0 aliphatic rings. The van der Waals surface area contributed by atoms with Gasteiger partial charge in [0.05, 0.1) is 23.1 Å². The van der Waals surface area contributed by atoms with Gasteiger partial charge in [-0.2, -0.15) is 0 Å². The van der Waals surface area contributed by atoms with Crippen molar-refractivity contribution in [3.63, 3.8) is 0 Å². The molecule has 7 nitrogen and oxygen atoms in total. The number of aromatic amines is 1. The number of nitrogens with one attached hydrogen (secondary N) is 2. The average Bonchev–Trinajstić information content (AvgIpc) is 2.85. The Bertz CT molecular complexity index is 592. The Kier molecular flexibility index (Phi) is 3.05. The fourth-order valence-corrected chi connectivity index (χ4v) is 1.43. The molecule has 0 saturated carbocycles. The van der Waals surface area contributed by atoms with E-state index in [9.17, 15) is 14.9 Å². The minimum absolute atomic E-state index is 0.0690. The number of hydrogen-bond acceptors (Lipinski definition) is 4. The summed E-state index contributed by atoms with van der Waals surface area (Å²) >= 11 is 0. The van der Waals surface area contributed by atoms with Crippen molar-refractivity contribution in [2.75, 3.05) is 5.32 Å². The van der Waals surface area contributed by atoms with Crippen molar-refractivity contribution in [3.05, 3.63) is 52.1 Å². The lowest BCUT2D eigenvalue weighted by atomic mass is 10.2. The van der Waals surface area contributed by atoms with E-state index < -0.39 is 10.8 Å². The van der Waals surface area contributed by atoms with Crippen molar-refractivity contribution in [1.82, 2.24) is 9.97 Å². The van der Waals surface area contributed by atoms with E-state index in [1.165, 1.54) is 24.7 Å². The monoisotopic (exact) mass is 246 g/mol. The molecule has 0 unspecified atom stereocenters. The predicted octanol–water partition coefficient (Wildman–Crippen LogP) is 1.88. The Morgan fingerprint density at radius 2 is 2.28 bits per heavy atom. The van der Waals surface area contributed by atoms with Crippen LogP contribution in [0.3, 0.4) is 0 Å². The molecule has 1 aromatic carbocycles. The molecule has 1 aromatic heterocycles. The maximum absolute atomic E-state index is 11.8. The number of rotatable bonds is 3. The Hall–Kier alpha value is -2.70. The minimum Gasteiger partial charge on any atom is -0.341 e. The van der Waals surface area contributed by atoms with E-state index in [0.717, 1.165) is 5.56 Å². The van der Waals surface area contributed by atoms with E-state index in [2.05, 4.69) is 15.3 Å². The summed E-state index contributed by atoms with van der Waals surface area (Å²) < 4.78 is 0. The van der Waals surface area contributed by atoms with Crippen LogP contribution in [0.2, 0.25) is 0 Å². The van der Waals surface area contributed by atoms with Crippen LogP contribution in [-0.4, -0.2) is 20.8 Å². The van der Waals surface area contributed by atoms with Gasteiger partial charge in [-0.05, 0) is 12.5 Å². The van der Waals surface area contributed by atoms with Gasteiger partial charge in [-0.25, -0.2) is 4.98 Å². The summed E-state index contributed by atoms with van der Waals surface area (Å²) in [6.45, 7) is 1.76. The normalized spacial score (nSPS) is 10.1. The highest BCUT2D eigenvalue weighted by Crippen LogP contribution is 2.22. The summed E-state index contributed by atoms with van der Waals surface area (Å²) in [5, 5.41) is 13.2. The predicted molar refractivity (Wildman–Crippen MR) is 64.4 cm³/mol. The summed E-state index contributed by atoms with van der Waals surface area (Å²) in [6, 6.07) is 4.30. The van der Waals surface area contributed by atoms with Gasteiger partial charge in [0.1, 0.15) is 5.69 Å². The first kappa shape index (κ1) is 11.8.